The van der Waals surface area contributed by atoms with Crippen LogP contribution in [0.4, 0.5) is 0 Å². The molecule has 8 heteroatoms. The van der Waals surface area contributed by atoms with Crippen molar-refractivity contribution >= 4 is 21.9 Å². The van der Waals surface area contributed by atoms with Crippen molar-refractivity contribution in [3.05, 3.63) is 65.7 Å². The highest BCUT2D eigenvalue weighted by atomic mass is 32.2. The number of sulfonamides is 1. The minimum atomic E-state index is -3.60. The van der Waals surface area contributed by atoms with Gasteiger partial charge in [-0.1, -0.05) is 48.0 Å². The molecule has 1 heterocycles. The van der Waals surface area contributed by atoms with Gasteiger partial charge in [0.15, 0.2) is 0 Å². The molecule has 170 valence electrons. The predicted molar refractivity (Wildman–Crippen MR) is 119 cm³/mol. The van der Waals surface area contributed by atoms with E-state index in [-0.39, 0.29) is 29.9 Å². The van der Waals surface area contributed by atoms with Crippen LogP contribution >= 0.6 is 0 Å². The Morgan fingerprint density at radius 2 is 1.59 bits per heavy atom. The van der Waals surface area contributed by atoms with Crippen LogP contribution in [0.25, 0.3) is 0 Å². The average Bonchev–Trinajstić information content (AvgIpc) is 3.62. The van der Waals surface area contributed by atoms with E-state index in [9.17, 15) is 18.0 Å². The zero-order valence-electron chi connectivity index (χ0n) is 18.1. The lowest BCUT2D eigenvalue weighted by Gasteiger charge is -2.31. The second kappa shape index (κ2) is 9.42. The number of esters is 1. The number of nitrogens with zero attached hydrogens (tertiary/aromatic N) is 1. The van der Waals surface area contributed by atoms with Crippen LogP contribution in [0.2, 0.25) is 0 Å². The lowest BCUT2D eigenvalue weighted by molar-refractivity contribution is -0.161. The van der Waals surface area contributed by atoms with Gasteiger partial charge in [0.1, 0.15) is 0 Å². The number of ether oxygens (including phenoxy) is 1. The summed E-state index contributed by atoms with van der Waals surface area (Å²) < 4.78 is 32.9. The molecule has 32 heavy (non-hydrogen) atoms. The van der Waals surface area contributed by atoms with E-state index in [1.54, 1.807) is 48.5 Å². The smallest absolute Gasteiger partial charge is 0.310 e. The van der Waals surface area contributed by atoms with Gasteiger partial charge in [0.2, 0.25) is 16.1 Å². The topological polar surface area (TPSA) is 92.8 Å². The summed E-state index contributed by atoms with van der Waals surface area (Å²) in [6.45, 7) is 2.38. The molecule has 2 aromatic carbocycles. The van der Waals surface area contributed by atoms with Crippen molar-refractivity contribution in [3.63, 3.8) is 0 Å². The van der Waals surface area contributed by atoms with Gasteiger partial charge in [0, 0.05) is 24.7 Å². The average molecular weight is 457 g/mol. The number of nitrogens with one attached hydrogen (secondary N) is 1. The van der Waals surface area contributed by atoms with Crippen LogP contribution in [0.5, 0.6) is 0 Å². The van der Waals surface area contributed by atoms with Gasteiger partial charge in [-0.15, -0.1) is 0 Å². The Morgan fingerprint density at radius 3 is 2.19 bits per heavy atom. The summed E-state index contributed by atoms with van der Waals surface area (Å²) in [6.07, 6.45) is 1.59. The monoisotopic (exact) mass is 456 g/mol. The van der Waals surface area contributed by atoms with Crippen molar-refractivity contribution < 1.29 is 22.7 Å². The van der Waals surface area contributed by atoms with E-state index in [0.29, 0.717) is 18.4 Å². The number of carbonyl (C=O) groups excluding carboxylic acids is 2. The minimum Gasteiger partial charge on any atom is -0.447 e. The molecule has 1 aliphatic carbocycles. The third-order valence-corrected chi connectivity index (χ3v) is 7.86. The highest BCUT2D eigenvalue weighted by Gasteiger charge is 2.36. The van der Waals surface area contributed by atoms with Crippen LogP contribution in [0.1, 0.15) is 42.9 Å². The number of piperidine rings is 1. The summed E-state index contributed by atoms with van der Waals surface area (Å²) in [6, 6.07) is 15.9. The highest BCUT2D eigenvalue weighted by molar-refractivity contribution is 7.89. The van der Waals surface area contributed by atoms with Crippen molar-refractivity contribution in [3.8, 4) is 0 Å². The number of amides is 1. The third-order valence-electron chi connectivity index (χ3n) is 5.94. The largest absolute Gasteiger partial charge is 0.447 e. The van der Waals surface area contributed by atoms with Crippen LogP contribution in [-0.4, -0.2) is 43.7 Å². The van der Waals surface area contributed by atoms with Gasteiger partial charge in [-0.2, -0.15) is 4.31 Å². The van der Waals surface area contributed by atoms with E-state index in [4.69, 9.17) is 4.74 Å². The summed E-state index contributed by atoms with van der Waals surface area (Å²) in [5.74, 6) is -1.22. The summed E-state index contributed by atoms with van der Waals surface area (Å²) in [7, 11) is -3.60. The van der Waals surface area contributed by atoms with Gasteiger partial charge in [-0.25, -0.2) is 8.42 Å². The Hall–Kier alpha value is -2.71. The predicted octanol–water partition coefficient (Wildman–Crippen LogP) is 2.96. The fourth-order valence-corrected chi connectivity index (χ4v) is 5.28. The minimum absolute atomic E-state index is 0.155. The standard InChI is InChI=1S/C24H28N2O5S/c1-17-7-11-21(12-8-17)32(29,30)26-15-13-19(14-16-26)24(28)31-22(18-5-3-2-4-6-18)23(27)25-20-9-10-20/h2-8,11-12,19-20,22H,9-10,13-16H2,1H3,(H,25,27). The third kappa shape index (κ3) is 5.19. The van der Waals surface area contributed by atoms with Gasteiger partial charge in [0.05, 0.1) is 10.8 Å². The fourth-order valence-electron chi connectivity index (χ4n) is 3.81. The first kappa shape index (κ1) is 22.5. The number of carbonyl (C=O) groups is 2. The van der Waals surface area contributed by atoms with Gasteiger partial charge in [-0.3, -0.25) is 9.59 Å². The van der Waals surface area contributed by atoms with Crippen LogP contribution in [0.15, 0.2) is 59.5 Å². The molecule has 0 spiro atoms. The summed E-state index contributed by atoms with van der Waals surface area (Å²) in [4.78, 5) is 25.8. The van der Waals surface area contributed by atoms with Crippen LogP contribution < -0.4 is 5.32 Å². The molecule has 7 nitrogen and oxygen atoms in total. The second-order valence-electron chi connectivity index (χ2n) is 8.50. The van der Waals surface area contributed by atoms with E-state index in [2.05, 4.69) is 5.32 Å². The molecule has 2 aliphatic rings. The molecule has 0 bridgehead atoms. The molecule has 1 atom stereocenters. The Morgan fingerprint density at radius 1 is 0.969 bits per heavy atom. The van der Waals surface area contributed by atoms with E-state index < -0.39 is 28.0 Å². The Balaban J connectivity index is 1.39. The lowest BCUT2D eigenvalue weighted by Crippen LogP contribution is -2.41. The lowest BCUT2D eigenvalue weighted by atomic mass is 9.98. The van der Waals surface area contributed by atoms with Gasteiger partial charge in [-0.05, 0) is 44.7 Å². The van der Waals surface area contributed by atoms with E-state index in [0.717, 1.165) is 18.4 Å². The molecule has 1 unspecified atom stereocenters. The SMILES string of the molecule is Cc1ccc(S(=O)(=O)N2CCC(C(=O)OC(C(=O)NC3CC3)c3ccccc3)CC2)cc1. The molecule has 1 N–H and O–H groups in total. The van der Waals surface area contributed by atoms with E-state index >= 15 is 0 Å². The van der Waals surface area contributed by atoms with Gasteiger partial charge in [0.25, 0.3) is 5.91 Å². The molecular formula is C24H28N2O5S. The van der Waals surface area contributed by atoms with E-state index in [1.807, 2.05) is 13.0 Å². The first-order valence-corrected chi connectivity index (χ1v) is 12.4. The normalized spacial score (nSPS) is 18.7. The van der Waals surface area contributed by atoms with Gasteiger partial charge >= 0.3 is 5.97 Å². The van der Waals surface area contributed by atoms with Crippen LogP contribution in [-0.2, 0) is 24.3 Å². The number of benzene rings is 2. The Kier molecular flexibility index (Phi) is 6.62. The maximum Gasteiger partial charge on any atom is 0.310 e. The molecule has 1 saturated heterocycles. The summed E-state index contributed by atoms with van der Waals surface area (Å²) in [5, 5.41) is 2.91. The van der Waals surface area contributed by atoms with Gasteiger partial charge < -0.3 is 10.1 Å². The van der Waals surface area contributed by atoms with Crippen molar-refractivity contribution in [2.75, 3.05) is 13.1 Å². The number of rotatable bonds is 7. The molecular weight excluding hydrogens is 428 g/mol. The molecule has 2 aromatic rings. The quantitative estimate of drug-likeness (QED) is 0.647. The van der Waals surface area contributed by atoms with Crippen molar-refractivity contribution in [2.24, 2.45) is 5.92 Å². The van der Waals surface area contributed by atoms with Crippen LogP contribution in [0, 0.1) is 12.8 Å². The summed E-state index contributed by atoms with van der Waals surface area (Å²) in [5.41, 5.74) is 1.61. The molecule has 0 aromatic heterocycles. The van der Waals surface area contributed by atoms with Crippen LogP contribution in [0.3, 0.4) is 0 Å². The molecule has 4 rings (SSSR count). The number of aryl methyl sites for hydroxylation is 1. The second-order valence-corrected chi connectivity index (χ2v) is 10.4. The Labute approximate surface area is 188 Å². The molecule has 1 aliphatic heterocycles. The molecule has 1 amide bonds. The Bertz CT molecular complexity index is 1060. The van der Waals surface area contributed by atoms with Crippen molar-refractivity contribution in [2.45, 2.75) is 49.6 Å². The molecule has 1 saturated carbocycles. The fraction of sp³-hybridized carbons (Fsp3) is 0.417. The number of hydrogen-bond donors (Lipinski definition) is 1. The number of hydrogen-bond acceptors (Lipinski definition) is 5. The first-order valence-electron chi connectivity index (χ1n) is 11.0. The molecule has 2 fully saturated rings. The maximum absolute atomic E-state index is 12.9. The first-order chi connectivity index (χ1) is 15.3. The summed E-state index contributed by atoms with van der Waals surface area (Å²) >= 11 is 0. The highest BCUT2D eigenvalue weighted by Crippen LogP contribution is 2.28. The van der Waals surface area contributed by atoms with Crippen molar-refractivity contribution in [1.82, 2.24) is 9.62 Å². The van der Waals surface area contributed by atoms with E-state index in [1.165, 1.54) is 4.31 Å². The maximum atomic E-state index is 12.9. The molecule has 0 radical (unpaired) electrons. The zero-order chi connectivity index (χ0) is 22.7. The van der Waals surface area contributed by atoms with Crippen molar-refractivity contribution in [1.29, 1.82) is 0 Å². The zero-order valence-corrected chi connectivity index (χ0v) is 18.9.